The van der Waals surface area contributed by atoms with Gasteiger partial charge in [-0.2, -0.15) is 0 Å². The van der Waals surface area contributed by atoms with Crippen LogP contribution in [0.25, 0.3) is 181 Å². The van der Waals surface area contributed by atoms with Crippen molar-refractivity contribution in [3.8, 4) is 181 Å². The van der Waals surface area contributed by atoms with Gasteiger partial charge in [-0.05, 0) is 152 Å². The molecule has 0 saturated carbocycles. The highest BCUT2D eigenvalue weighted by molar-refractivity contribution is 5.83. The van der Waals surface area contributed by atoms with E-state index in [2.05, 4.69) is 238 Å². The van der Waals surface area contributed by atoms with E-state index in [0.29, 0.717) is 34.9 Å². The van der Waals surface area contributed by atoms with Crippen molar-refractivity contribution in [1.29, 1.82) is 0 Å². The van der Waals surface area contributed by atoms with E-state index < -0.39 is 0 Å². The number of hydrogen-bond donors (Lipinski definition) is 0. The Morgan fingerprint density at radius 1 is 0.130 bits per heavy atom. The Morgan fingerprint density at radius 2 is 0.370 bits per heavy atom. The molecule has 0 aliphatic rings. The highest BCUT2D eigenvalue weighted by Gasteiger charge is 2.18. The molecule has 0 radical (unpaired) electrons. The lowest BCUT2D eigenvalue weighted by Crippen LogP contribution is -2.00. The molecule has 10 aromatic carbocycles. The smallest absolute Gasteiger partial charge is 0.164 e. The van der Waals surface area contributed by atoms with Crippen LogP contribution >= 0.6 is 0 Å². The Balaban J connectivity index is 0.000000158. The van der Waals surface area contributed by atoms with Crippen molar-refractivity contribution in [3.05, 3.63) is 389 Å². The van der Waals surface area contributed by atoms with Gasteiger partial charge in [0.05, 0.1) is 39.9 Å². The highest BCUT2D eigenvalue weighted by Crippen LogP contribution is 2.37. The molecule has 0 aliphatic heterocycles. The van der Waals surface area contributed by atoms with Gasteiger partial charge in [0.15, 0.2) is 34.9 Å². The molecule has 8 aromatic heterocycles. The van der Waals surface area contributed by atoms with Gasteiger partial charge in [-0.15, -0.1) is 0 Å². The van der Waals surface area contributed by atoms with E-state index >= 15 is 0 Å². The normalized spacial score (nSPS) is 11.0. The molecule has 508 valence electrons. The minimum atomic E-state index is 0.618. The SMILES string of the molecule is c1ccc(-c2ccc(-c3nc(-c4ccccc4)nc(-c4ccc(-c5cccc(-c6cc(-c7ccccn7)nc(-c7ccccn7)c6)c5)cc4)n3)cc2)cc1.c1ccc(-c2ccc(-c3nc(-c4ccccc4)nc(-c4ccc(-c5cccc(-c6cc(-c7cccnc7)nc(-c7ccccn7)c6)c5)cc4)n3)cc2)cc1. The Bertz CT molecular complexity index is 5600. The predicted octanol–water partition coefficient (Wildman–Crippen LogP) is 22.8. The number of pyridine rings is 6. The maximum atomic E-state index is 4.99. The molecule has 0 unspecified atom stereocenters. The van der Waals surface area contributed by atoms with Crippen molar-refractivity contribution in [1.82, 2.24) is 59.8 Å². The van der Waals surface area contributed by atoms with Gasteiger partial charge in [-0.3, -0.25) is 19.9 Å². The summed E-state index contributed by atoms with van der Waals surface area (Å²) in [5, 5.41) is 0. The average Bonchev–Trinajstić information content (AvgIpc) is 0.684. The first-order valence-electron chi connectivity index (χ1n) is 35.5. The molecule has 0 bridgehead atoms. The first kappa shape index (κ1) is 66.4. The van der Waals surface area contributed by atoms with E-state index in [0.717, 1.165) is 134 Å². The molecule has 0 aliphatic carbocycles. The summed E-state index contributed by atoms with van der Waals surface area (Å²) in [7, 11) is 0. The summed E-state index contributed by atoms with van der Waals surface area (Å²) in [6.45, 7) is 0. The topological polar surface area (TPSA) is 155 Å². The van der Waals surface area contributed by atoms with E-state index in [1.807, 2.05) is 146 Å². The Kier molecular flexibility index (Phi) is 19.0. The van der Waals surface area contributed by atoms with Crippen LogP contribution in [0.4, 0.5) is 0 Å². The number of aromatic nitrogens is 12. The van der Waals surface area contributed by atoms with E-state index in [4.69, 9.17) is 39.9 Å². The summed E-state index contributed by atoms with van der Waals surface area (Å²) in [5.41, 5.74) is 25.4. The van der Waals surface area contributed by atoms with Crippen molar-refractivity contribution in [2.24, 2.45) is 0 Å². The molecule has 0 fully saturated rings. The molecule has 108 heavy (non-hydrogen) atoms. The van der Waals surface area contributed by atoms with Crippen LogP contribution in [0.15, 0.2) is 389 Å². The molecule has 12 nitrogen and oxygen atoms in total. The van der Waals surface area contributed by atoms with Gasteiger partial charge in [0, 0.05) is 69.9 Å². The second-order valence-electron chi connectivity index (χ2n) is 25.7. The first-order chi connectivity index (χ1) is 53.5. The number of hydrogen-bond acceptors (Lipinski definition) is 12. The Hall–Kier alpha value is -14.9. The molecular weight excluding hydrogens is 1320 g/mol. The molecule has 18 rings (SSSR count). The van der Waals surface area contributed by atoms with Crippen LogP contribution in [0.3, 0.4) is 0 Å². The van der Waals surface area contributed by atoms with Crippen LogP contribution in [0.1, 0.15) is 0 Å². The highest BCUT2D eigenvalue weighted by atomic mass is 15.0. The molecule has 12 heteroatoms. The minimum Gasteiger partial charge on any atom is -0.264 e. The quantitative estimate of drug-likeness (QED) is 0.0904. The molecule has 18 aromatic rings. The fourth-order valence-corrected chi connectivity index (χ4v) is 13.0. The summed E-state index contributed by atoms with van der Waals surface area (Å²) in [6.07, 6.45) is 8.98. The summed E-state index contributed by atoms with van der Waals surface area (Å²) in [5.74, 6) is 3.76. The van der Waals surface area contributed by atoms with Crippen LogP contribution in [-0.4, -0.2) is 59.8 Å². The lowest BCUT2D eigenvalue weighted by Gasteiger charge is -2.11. The lowest BCUT2D eigenvalue weighted by molar-refractivity contribution is 1.07. The second-order valence-corrected chi connectivity index (χ2v) is 25.7. The number of benzene rings is 10. The van der Waals surface area contributed by atoms with Gasteiger partial charge < -0.3 is 0 Å². The summed E-state index contributed by atoms with van der Waals surface area (Å²) < 4.78 is 0. The van der Waals surface area contributed by atoms with Crippen LogP contribution in [0, 0.1) is 0 Å². The third-order valence-corrected chi connectivity index (χ3v) is 18.6. The molecule has 0 N–H and O–H groups in total. The van der Waals surface area contributed by atoms with Crippen LogP contribution in [0.2, 0.25) is 0 Å². The van der Waals surface area contributed by atoms with E-state index in [-0.39, 0.29) is 0 Å². The van der Waals surface area contributed by atoms with Gasteiger partial charge >= 0.3 is 0 Å². The van der Waals surface area contributed by atoms with Crippen molar-refractivity contribution < 1.29 is 0 Å². The monoisotopic (exact) mass is 1380 g/mol. The van der Waals surface area contributed by atoms with Crippen molar-refractivity contribution >= 4 is 0 Å². The Morgan fingerprint density at radius 3 is 0.676 bits per heavy atom. The number of nitrogens with zero attached hydrogens (tertiary/aromatic N) is 12. The van der Waals surface area contributed by atoms with Crippen molar-refractivity contribution in [2.45, 2.75) is 0 Å². The summed E-state index contributed by atoms with van der Waals surface area (Å²) >= 11 is 0. The van der Waals surface area contributed by atoms with Gasteiger partial charge in [0.25, 0.3) is 0 Å². The predicted molar refractivity (Wildman–Crippen MR) is 433 cm³/mol. The molecule has 0 amide bonds. The zero-order valence-electron chi connectivity index (χ0n) is 58.3. The van der Waals surface area contributed by atoms with Crippen molar-refractivity contribution in [2.75, 3.05) is 0 Å². The molecule has 0 atom stereocenters. The fourth-order valence-electron chi connectivity index (χ4n) is 13.0. The zero-order valence-corrected chi connectivity index (χ0v) is 58.3. The molecular formula is C96H64N12. The third kappa shape index (κ3) is 15.1. The largest absolute Gasteiger partial charge is 0.264 e. The van der Waals surface area contributed by atoms with Crippen LogP contribution in [0.5, 0.6) is 0 Å². The lowest BCUT2D eigenvalue weighted by atomic mass is 9.97. The van der Waals surface area contributed by atoms with Gasteiger partial charge in [-0.1, -0.05) is 273 Å². The average molecular weight is 1390 g/mol. The molecule has 0 spiro atoms. The fraction of sp³-hybridized carbons (Fsp3) is 0. The molecule has 8 heterocycles. The van der Waals surface area contributed by atoms with Gasteiger partial charge in [0.2, 0.25) is 0 Å². The first-order valence-corrected chi connectivity index (χ1v) is 35.5. The minimum absolute atomic E-state index is 0.618. The van der Waals surface area contributed by atoms with Crippen LogP contribution in [-0.2, 0) is 0 Å². The Labute approximate surface area is 625 Å². The van der Waals surface area contributed by atoms with Crippen molar-refractivity contribution in [3.63, 3.8) is 0 Å². The molecule has 0 saturated heterocycles. The zero-order chi connectivity index (χ0) is 72.2. The summed E-state index contributed by atoms with van der Waals surface area (Å²) in [4.78, 5) is 57.7. The van der Waals surface area contributed by atoms with Gasteiger partial charge in [-0.25, -0.2) is 39.9 Å². The second kappa shape index (κ2) is 31.0. The van der Waals surface area contributed by atoms with E-state index in [9.17, 15) is 0 Å². The van der Waals surface area contributed by atoms with Crippen LogP contribution < -0.4 is 0 Å². The third-order valence-electron chi connectivity index (χ3n) is 18.6. The standard InChI is InChI=1S/2C48H32N6/c1-3-12-33(13-4-1)34-20-24-37(25-21-34)47-52-46(36-14-5-2-6-15-36)53-48(54-47)38-26-22-35(23-27-38)39-16-11-17-40(30-39)41-31-44(42-18-7-9-28-49-42)51-45(32-41)43-19-8-10-29-50-43;1-3-11-33(12-4-1)34-19-23-37(24-20-34)47-52-46(36-13-5-2-6-14-36)53-48(54-47)38-25-21-35(22-26-38)39-15-9-16-40(29-39)42-30-44(41-17-10-27-49-32-41)51-45(31-42)43-18-7-8-28-50-43/h2*1-32H. The maximum absolute atomic E-state index is 4.99. The van der Waals surface area contributed by atoms with Gasteiger partial charge in [0.1, 0.15) is 0 Å². The van der Waals surface area contributed by atoms with E-state index in [1.165, 1.54) is 11.1 Å². The number of rotatable bonds is 16. The van der Waals surface area contributed by atoms with E-state index in [1.54, 1.807) is 24.8 Å². The maximum Gasteiger partial charge on any atom is 0.164 e. The summed E-state index contributed by atoms with van der Waals surface area (Å²) in [6, 6.07) is 122.